The molecule has 0 bridgehead atoms. The number of hydrogen-bond donors (Lipinski definition) is 1. The number of nitrogens with zero attached hydrogens (tertiary/aromatic N) is 1. The van der Waals surface area contributed by atoms with E-state index in [1.54, 1.807) is 0 Å². The van der Waals surface area contributed by atoms with Crippen LogP contribution in [-0.4, -0.2) is 15.8 Å². The number of ketones is 1. The standard InChI is InChI=1S/C38H39IN2O/c1-24(2)38-32(27-11-5-4-6-12-27)22-34(39)36(41-38)21-29-17-16-26(19-31(29)28-13-9-10-25(3)18-28)20-37(42)33-23-40-35-15-8-7-14-30(33)35/h4-9,11-15,18,20,22-25,29,31,40H,10,16-17,19,21H2,1-3H3/b26-20-. The molecule has 2 aliphatic carbocycles. The lowest BCUT2D eigenvalue weighted by Gasteiger charge is -2.35. The van der Waals surface area contributed by atoms with Crippen LogP contribution in [0.1, 0.15) is 74.1 Å². The van der Waals surface area contributed by atoms with Crippen molar-refractivity contribution < 1.29 is 4.79 Å². The maximum Gasteiger partial charge on any atom is 0.187 e. The van der Waals surface area contributed by atoms with E-state index in [2.05, 4.69) is 103 Å². The van der Waals surface area contributed by atoms with E-state index in [9.17, 15) is 4.79 Å². The zero-order valence-electron chi connectivity index (χ0n) is 24.7. The number of aromatic nitrogens is 2. The molecule has 2 aromatic carbocycles. The predicted octanol–water partition coefficient (Wildman–Crippen LogP) is 10.2. The number of carbonyl (C=O) groups excluding carboxylic acids is 1. The fraction of sp³-hybridized carbons (Fsp3) is 0.316. The molecule has 2 aromatic heterocycles. The van der Waals surface area contributed by atoms with Crippen LogP contribution in [0.4, 0.5) is 0 Å². The second-order valence-electron chi connectivity index (χ2n) is 12.4. The highest BCUT2D eigenvalue weighted by atomic mass is 127. The molecule has 4 aromatic rings. The van der Waals surface area contributed by atoms with Crippen molar-refractivity contribution in [2.75, 3.05) is 0 Å². The number of pyridine rings is 1. The van der Waals surface area contributed by atoms with Crippen molar-refractivity contribution in [3.63, 3.8) is 0 Å². The van der Waals surface area contributed by atoms with Gasteiger partial charge in [0.1, 0.15) is 0 Å². The lowest BCUT2D eigenvalue weighted by atomic mass is 9.69. The first-order valence-corrected chi connectivity index (χ1v) is 16.4. The smallest absolute Gasteiger partial charge is 0.187 e. The number of H-pyrrole nitrogens is 1. The lowest BCUT2D eigenvalue weighted by Crippen LogP contribution is -2.26. The summed E-state index contributed by atoms with van der Waals surface area (Å²) in [6, 6.07) is 21.0. The molecule has 0 saturated heterocycles. The molecule has 1 saturated carbocycles. The van der Waals surface area contributed by atoms with Crippen molar-refractivity contribution >= 4 is 39.3 Å². The first kappa shape index (κ1) is 28.9. The van der Waals surface area contributed by atoms with Crippen molar-refractivity contribution in [1.82, 2.24) is 9.97 Å². The number of hydrogen-bond acceptors (Lipinski definition) is 2. The van der Waals surface area contributed by atoms with Crippen molar-refractivity contribution in [1.29, 1.82) is 0 Å². The van der Waals surface area contributed by atoms with Gasteiger partial charge >= 0.3 is 0 Å². The van der Waals surface area contributed by atoms with Gasteiger partial charge in [-0.05, 0) is 108 Å². The fourth-order valence-corrected chi connectivity index (χ4v) is 7.42. The van der Waals surface area contributed by atoms with Crippen LogP contribution in [-0.2, 0) is 6.42 Å². The van der Waals surface area contributed by atoms with E-state index < -0.39 is 0 Å². The van der Waals surface area contributed by atoms with Gasteiger partial charge in [0.25, 0.3) is 0 Å². The molecule has 3 unspecified atom stereocenters. The molecule has 214 valence electrons. The minimum atomic E-state index is 0.107. The van der Waals surface area contributed by atoms with E-state index in [-0.39, 0.29) is 5.78 Å². The van der Waals surface area contributed by atoms with Crippen LogP contribution in [0.5, 0.6) is 0 Å². The maximum atomic E-state index is 13.5. The van der Waals surface area contributed by atoms with Gasteiger partial charge in [-0.25, -0.2) is 0 Å². The Morgan fingerprint density at radius 3 is 2.69 bits per heavy atom. The number of fused-ring (bicyclic) bond motifs is 1. The third-order valence-electron chi connectivity index (χ3n) is 8.97. The molecule has 1 N–H and O–H groups in total. The average molecular weight is 667 g/mol. The van der Waals surface area contributed by atoms with E-state index in [0.29, 0.717) is 23.7 Å². The Bertz CT molecular complexity index is 1690. The molecule has 3 nitrogen and oxygen atoms in total. The molecular formula is C38H39IN2O. The number of benzene rings is 2. The van der Waals surface area contributed by atoms with E-state index in [4.69, 9.17) is 4.98 Å². The number of aromatic amines is 1. The van der Waals surface area contributed by atoms with E-state index in [0.717, 1.165) is 48.6 Å². The molecular weight excluding hydrogens is 627 g/mol. The van der Waals surface area contributed by atoms with Crippen LogP contribution in [0.15, 0.2) is 102 Å². The first-order valence-electron chi connectivity index (χ1n) is 15.3. The van der Waals surface area contributed by atoms with Crippen LogP contribution in [0, 0.1) is 21.3 Å². The van der Waals surface area contributed by atoms with Gasteiger partial charge in [-0.1, -0.05) is 93.1 Å². The molecule has 42 heavy (non-hydrogen) atoms. The minimum absolute atomic E-state index is 0.107. The molecule has 0 radical (unpaired) electrons. The van der Waals surface area contributed by atoms with E-state index in [1.165, 1.54) is 37.2 Å². The second kappa shape index (κ2) is 12.5. The van der Waals surface area contributed by atoms with E-state index >= 15 is 0 Å². The second-order valence-corrected chi connectivity index (χ2v) is 13.5. The summed E-state index contributed by atoms with van der Waals surface area (Å²) in [6.07, 6.45) is 15.9. The Labute approximate surface area is 263 Å². The summed E-state index contributed by atoms with van der Waals surface area (Å²) >= 11 is 2.50. The third kappa shape index (κ3) is 6.10. The Balaban J connectivity index is 1.30. The molecule has 2 heterocycles. The van der Waals surface area contributed by atoms with Crippen molar-refractivity contribution in [3.8, 4) is 11.1 Å². The Morgan fingerprint density at radius 1 is 1.12 bits per heavy atom. The molecule has 0 amide bonds. The molecule has 2 aliphatic rings. The molecule has 4 heteroatoms. The number of para-hydroxylation sites is 1. The van der Waals surface area contributed by atoms with Crippen LogP contribution >= 0.6 is 22.6 Å². The normalized spacial score (nSPS) is 21.7. The Kier molecular flexibility index (Phi) is 8.62. The lowest BCUT2D eigenvalue weighted by molar-refractivity contribution is 0.104. The van der Waals surface area contributed by atoms with Gasteiger partial charge in [0, 0.05) is 31.8 Å². The maximum absolute atomic E-state index is 13.5. The minimum Gasteiger partial charge on any atom is -0.360 e. The Hall–Kier alpha value is -3.25. The van der Waals surface area contributed by atoms with Gasteiger partial charge in [0.05, 0.1) is 11.4 Å². The van der Waals surface area contributed by atoms with Crippen LogP contribution in [0.3, 0.4) is 0 Å². The van der Waals surface area contributed by atoms with E-state index in [1.807, 2.05) is 36.5 Å². The van der Waals surface area contributed by atoms with Crippen molar-refractivity contribution in [3.05, 3.63) is 123 Å². The summed E-state index contributed by atoms with van der Waals surface area (Å²) in [6.45, 7) is 6.80. The van der Waals surface area contributed by atoms with Gasteiger partial charge in [-0.3, -0.25) is 9.78 Å². The quantitative estimate of drug-likeness (QED) is 0.121. The number of carbonyl (C=O) groups is 1. The fourth-order valence-electron chi connectivity index (χ4n) is 6.77. The highest BCUT2D eigenvalue weighted by Gasteiger charge is 2.32. The average Bonchev–Trinajstić information content (AvgIpc) is 3.43. The summed E-state index contributed by atoms with van der Waals surface area (Å²) in [4.78, 5) is 22.1. The summed E-state index contributed by atoms with van der Waals surface area (Å²) in [5, 5.41) is 0.997. The molecule has 0 spiro atoms. The highest BCUT2D eigenvalue weighted by molar-refractivity contribution is 14.1. The molecule has 6 rings (SSSR count). The summed E-state index contributed by atoms with van der Waals surface area (Å²) in [7, 11) is 0. The van der Waals surface area contributed by atoms with Crippen molar-refractivity contribution in [2.45, 2.75) is 58.8 Å². The summed E-state index contributed by atoms with van der Waals surface area (Å²) < 4.78 is 1.24. The number of nitrogens with one attached hydrogen (secondary N) is 1. The Morgan fingerprint density at radius 2 is 1.90 bits per heavy atom. The van der Waals surface area contributed by atoms with Crippen LogP contribution in [0.2, 0.25) is 0 Å². The van der Waals surface area contributed by atoms with Crippen molar-refractivity contribution in [2.24, 2.45) is 17.8 Å². The third-order valence-corrected chi connectivity index (χ3v) is 9.90. The van der Waals surface area contributed by atoms with Gasteiger partial charge in [-0.15, -0.1) is 0 Å². The zero-order chi connectivity index (χ0) is 29.2. The molecule has 3 atom stereocenters. The van der Waals surface area contributed by atoms with Gasteiger partial charge in [-0.2, -0.15) is 0 Å². The largest absolute Gasteiger partial charge is 0.360 e. The highest BCUT2D eigenvalue weighted by Crippen LogP contribution is 2.43. The molecule has 0 aliphatic heterocycles. The first-order chi connectivity index (χ1) is 20.4. The van der Waals surface area contributed by atoms with Crippen LogP contribution < -0.4 is 0 Å². The van der Waals surface area contributed by atoms with Gasteiger partial charge < -0.3 is 4.98 Å². The summed E-state index contributed by atoms with van der Waals surface area (Å²) in [5.74, 6) is 1.86. The van der Waals surface area contributed by atoms with Crippen LogP contribution in [0.25, 0.3) is 22.0 Å². The van der Waals surface area contributed by atoms with Gasteiger partial charge in [0.2, 0.25) is 0 Å². The van der Waals surface area contributed by atoms with Gasteiger partial charge in [0.15, 0.2) is 5.78 Å². The monoisotopic (exact) mass is 666 g/mol. The summed E-state index contributed by atoms with van der Waals surface area (Å²) in [5.41, 5.74) is 9.34. The SMILES string of the molecule is CC1C=C(C2C/C(=C\C(=O)c3c[nH]c4ccccc34)CCC2Cc2nc(C(C)C)c(-c3ccccc3)cc2I)C=CC1. The zero-order valence-corrected chi connectivity index (χ0v) is 26.9. The number of allylic oxidation sites excluding steroid dienone is 6. The molecule has 1 fully saturated rings. The predicted molar refractivity (Wildman–Crippen MR) is 183 cm³/mol. The number of halogens is 1. The topological polar surface area (TPSA) is 45.8 Å². The number of rotatable bonds is 7.